The van der Waals surface area contributed by atoms with Gasteiger partial charge in [-0.2, -0.15) is 0 Å². The average Bonchev–Trinajstić information content (AvgIpc) is 1.61. The van der Waals surface area contributed by atoms with Gasteiger partial charge in [0.05, 0.1) is 6.54 Å². The maximum Gasteiger partial charge on any atom is 0.186 e. The van der Waals surface area contributed by atoms with Crippen LogP contribution in [0.25, 0.3) is 0 Å². The third-order valence-electron chi connectivity index (χ3n) is 0.329. The van der Waals surface area contributed by atoms with Crippen LogP contribution < -0.4 is 11.5 Å². The summed E-state index contributed by atoms with van der Waals surface area (Å²) in [6, 6.07) is 0. The minimum absolute atomic E-state index is 0.0555. The number of hydrogen-bond donors (Lipinski definition) is 2. The Morgan fingerprint density at radius 3 is 2.29 bits per heavy atom. The number of hydrogen-bond acceptors (Lipinski definition) is 1. The lowest BCUT2D eigenvalue weighted by Gasteiger charge is -1.83. The minimum Gasteiger partial charge on any atom is -0.370 e. The standard InChI is InChI=1S/C4H8N3/c1-2-3-7-4(5)6/h2-3H,1H2,(H4,5,6,7). The molecule has 0 aromatic heterocycles. The Kier molecular flexibility index (Phi) is 2.76. The number of guanidine groups is 1. The molecule has 39 valence electrons. The van der Waals surface area contributed by atoms with Gasteiger partial charge in [0.15, 0.2) is 5.96 Å². The normalized spacial score (nSPS) is 7.43. The molecular weight excluding hydrogens is 90.1 g/mol. The van der Waals surface area contributed by atoms with Crippen LogP contribution in [0.15, 0.2) is 17.6 Å². The molecule has 0 amide bonds. The molecule has 0 aliphatic heterocycles. The predicted octanol–water partition coefficient (Wildman–Crippen LogP) is -0.392. The molecule has 0 aromatic rings. The average molecular weight is 98.1 g/mol. The zero-order chi connectivity index (χ0) is 5.70. The van der Waals surface area contributed by atoms with Gasteiger partial charge in [-0.15, -0.1) is 6.58 Å². The predicted molar refractivity (Wildman–Crippen MR) is 30.3 cm³/mol. The molecule has 7 heavy (non-hydrogen) atoms. The molecular formula is C4H8N3. The van der Waals surface area contributed by atoms with Crippen LogP contribution in [-0.4, -0.2) is 5.96 Å². The summed E-state index contributed by atoms with van der Waals surface area (Å²) < 4.78 is 0. The number of rotatable bonds is 2. The highest BCUT2D eigenvalue weighted by atomic mass is 15.0. The second-order valence-electron chi connectivity index (χ2n) is 0.939. The summed E-state index contributed by atoms with van der Waals surface area (Å²) in [4.78, 5) is 3.47. The largest absolute Gasteiger partial charge is 0.370 e. The summed E-state index contributed by atoms with van der Waals surface area (Å²) in [6.45, 7) is 4.78. The molecule has 0 saturated carbocycles. The van der Waals surface area contributed by atoms with Crippen molar-refractivity contribution in [1.82, 2.24) is 0 Å². The summed E-state index contributed by atoms with van der Waals surface area (Å²) in [5, 5.41) is 0. The Morgan fingerprint density at radius 1 is 1.57 bits per heavy atom. The first-order chi connectivity index (χ1) is 3.27. The van der Waals surface area contributed by atoms with Crippen LogP contribution in [0.3, 0.4) is 0 Å². The molecule has 0 aromatic carbocycles. The van der Waals surface area contributed by atoms with Crippen molar-refractivity contribution >= 4 is 5.96 Å². The van der Waals surface area contributed by atoms with Gasteiger partial charge < -0.3 is 11.5 Å². The van der Waals surface area contributed by atoms with E-state index < -0.39 is 0 Å². The molecule has 0 atom stereocenters. The van der Waals surface area contributed by atoms with Crippen LogP contribution in [0, 0.1) is 6.54 Å². The first-order valence-corrected chi connectivity index (χ1v) is 1.80. The Labute approximate surface area is 42.7 Å². The van der Waals surface area contributed by atoms with Crippen LogP contribution in [0.5, 0.6) is 0 Å². The fourth-order valence-corrected chi connectivity index (χ4v) is 0.139. The van der Waals surface area contributed by atoms with Crippen molar-refractivity contribution in [3.05, 3.63) is 19.2 Å². The smallest absolute Gasteiger partial charge is 0.186 e. The molecule has 0 aliphatic carbocycles. The molecule has 4 N–H and O–H groups in total. The van der Waals surface area contributed by atoms with Gasteiger partial charge >= 0.3 is 0 Å². The van der Waals surface area contributed by atoms with Crippen molar-refractivity contribution in [2.75, 3.05) is 0 Å². The Bertz CT molecular complexity index is 80.9. The van der Waals surface area contributed by atoms with Gasteiger partial charge in [0.25, 0.3) is 0 Å². The fraction of sp³-hybridized carbons (Fsp3) is 0. The summed E-state index contributed by atoms with van der Waals surface area (Å²) >= 11 is 0. The quantitative estimate of drug-likeness (QED) is 0.365. The number of aliphatic imine (C=N–C) groups is 1. The number of nitrogens with zero attached hydrogens (tertiary/aromatic N) is 1. The van der Waals surface area contributed by atoms with E-state index in [0.717, 1.165) is 0 Å². The highest BCUT2D eigenvalue weighted by Crippen LogP contribution is 1.74. The Morgan fingerprint density at radius 2 is 2.14 bits per heavy atom. The molecule has 1 radical (unpaired) electrons. The monoisotopic (exact) mass is 98.1 g/mol. The van der Waals surface area contributed by atoms with Gasteiger partial charge in [0, 0.05) is 0 Å². The molecule has 0 fully saturated rings. The van der Waals surface area contributed by atoms with Gasteiger partial charge in [-0.25, -0.2) is 4.99 Å². The van der Waals surface area contributed by atoms with E-state index in [2.05, 4.69) is 11.6 Å². The summed E-state index contributed by atoms with van der Waals surface area (Å²) in [7, 11) is 0. The van der Waals surface area contributed by atoms with E-state index in [1.807, 2.05) is 0 Å². The van der Waals surface area contributed by atoms with E-state index >= 15 is 0 Å². The van der Waals surface area contributed by atoms with Gasteiger partial charge in [-0.1, -0.05) is 6.08 Å². The van der Waals surface area contributed by atoms with Crippen LogP contribution in [0.2, 0.25) is 0 Å². The van der Waals surface area contributed by atoms with E-state index in [0.29, 0.717) is 0 Å². The zero-order valence-corrected chi connectivity index (χ0v) is 3.96. The van der Waals surface area contributed by atoms with E-state index in [1.165, 1.54) is 12.6 Å². The van der Waals surface area contributed by atoms with Crippen molar-refractivity contribution in [2.45, 2.75) is 0 Å². The lowest BCUT2D eigenvalue weighted by Crippen LogP contribution is -2.22. The van der Waals surface area contributed by atoms with Gasteiger partial charge in [0.1, 0.15) is 0 Å². The van der Waals surface area contributed by atoms with Gasteiger partial charge in [-0.3, -0.25) is 0 Å². The number of nitrogens with two attached hydrogens (primary N) is 2. The second kappa shape index (κ2) is 3.21. The fourth-order valence-electron chi connectivity index (χ4n) is 0.139. The molecule has 3 heteroatoms. The maximum absolute atomic E-state index is 4.93. The molecule has 0 spiro atoms. The Balaban J connectivity index is 3.25. The molecule has 0 rings (SSSR count). The van der Waals surface area contributed by atoms with Gasteiger partial charge in [-0.05, 0) is 0 Å². The van der Waals surface area contributed by atoms with E-state index in [-0.39, 0.29) is 5.96 Å². The maximum atomic E-state index is 4.93. The summed E-state index contributed by atoms with van der Waals surface area (Å²) in [5.41, 5.74) is 9.85. The Hall–Kier alpha value is -0.990. The molecule has 0 heterocycles. The van der Waals surface area contributed by atoms with Crippen molar-refractivity contribution in [3.63, 3.8) is 0 Å². The zero-order valence-electron chi connectivity index (χ0n) is 3.96. The third-order valence-corrected chi connectivity index (χ3v) is 0.329. The van der Waals surface area contributed by atoms with Crippen LogP contribution >= 0.6 is 0 Å². The summed E-state index contributed by atoms with van der Waals surface area (Å²) in [6.07, 6.45) is 1.50. The SMILES string of the molecule is C=C[CH]N=C(N)N. The van der Waals surface area contributed by atoms with E-state index in [4.69, 9.17) is 11.5 Å². The lowest BCUT2D eigenvalue weighted by molar-refractivity contribution is 1.35. The second-order valence-corrected chi connectivity index (χ2v) is 0.939. The van der Waals surface area contributed by atoms with Crippen LogP contribution in [-0.2, 0) is 0 Å². The molecule has 0 bridgehead atoms. The van der Waals surface area contributed by atoms with Crippen molar-refractivity contribution in [2.24, 2.45) is 16.5 Å². The van der Waals surface area contributed by atoms with Crippen molar-refractivity contribution in [3.8, 4) is 0 Å². The minimum atomic E-state index is 0.0555. The molecule has 0 unspecified atom stereocenters. The van der Waals surface area contributed by atoms with Crippen molar-refractivity contribution < 1.29 is 0 Å². The van der Waals surface area contributed by atoms with E-state index in [1.54, 1.807) is 0 Å². The van der Waals surface area contributed by atoms with E-state index in [9.17, 15) is 0 Å². The topological polar surface area (TPSA) is 64.4 Å². The van der Waals surface area contributed by atoms with Gasteiger partial charge in [0.2, 0.25) is 0 Å². The highest BCUT2D eigenvalue weighted by Gasteiger charge is 1.71. The first-order valence-electron chi connectivity index (χ1n) is 1.80. The van der Waals surface area contributed by atoms with Crippen LogP contribution in [0.4, 0.5) is 0 Å². The first kappa shape index (κ1) is 6.01. The molecule has 0 saturated heterocycles. The van der Waals surface area contributed by atoms with Crippen LogP contribution in [0.1, 0.15) is 0 Å². The third kappa shape index (κ3) is 5.01. The van der Waals surface area contributed by atoms with Crippen molar-refractivity contribution in [1.29, 1.82) is 0 Å². The molecule has 0 aliphatic rings. The highest BCUT2D eigenvalue weighted by molar-refractivity contribution is 5.76. The molecule has 3 nitrogen and oxygen atoms in total. The lowest BCUT2D eigenvalue weighted by atomic mass is 10.6. The summed E-state index contributed by atoms with van der Waals surface area (Å²) in [5.74, 6) is 0.0555.